The first-order chi connectivity index (χ1) is 16.1. The standard InChI is InChI=1S/C25H45N3O7Si/c1-23(2,3)34-21(30)27-28(22(31)35-24(4,5)6)19(16-18(17-26)20(29)32-10)14-13-15-33-36(11,12)25(7,8)9/h16,19H,13-15H2,1-12H3,(H,27,30)/b18-16+/t19-/m0/s1. The van der Waals surface area contributed by atoms with Crippen LogP contribution in [0.25, 0.3) is 0 Å². The van der Waals surface area contributed by atoms with Crippen LogP contribution in [0.1, 0.15) is 75.2 Å². The van der Waals surface area contributed by atoms with Crippen LogP contribution < -0.4 is 5.43 Å². The molecule has 0 aliphatic carbocycles. The molecule has 0 heterocycles. The van der Waals surface area contributed by atoms with E-state index >= 15 is 0 Å². The molecule has 0 rings (SSSR count). The molecule has 0 aliphatic heterocycles. The Morgan fingerprint density at radius 2 is 1.53 bits per heavy atom. The SMILES string of the molecule is COC(=O)/C(C#N)=C/[C@H](CCCO[Si](C)(C)C(C)(C)C)N(NC(=O)OC(C)(C)C)C(=O)OC(C)(C)C. The molecule has 2 amide bonds. The lowest BCUT2D eigenvalue weighted by atomic mass is 10.1. The number of nitriles is 1. The lowest BCUT2D eigenvalue weighted by Crippen LogP contribution is -2.54. The summed E-state index contributed by atoms with van der Waals surface area (Å²) in [4.78, 5) is 37.8. The quantitative estimate of drug-likeness (QED) is 0.0839. The molecular weight excluding hydrogens is 482 g/mol. The number of hydrazine groups is 1. The van der Waals surface area contributed by atoms with Gasteiger partial charge in [0, 0.05) is 6.61 Å². The zero-order chi connectivity index (χ0) is 28.5. The Morgan fingerprint density at radius 1 is 1.00 bits per heavy atom. The second-order valence-electron chi connectivity index (χ2n) is 12.0. The minimum Gasteiger partial charge on any atom is -0.465 e. The van der Waals surface area contributed by atoms with E-state index < -0.39 is 43.7 Å². The summed E-state index contributed by atoms with van der Waals surface area (Å²) in [6, 6.07) is 0.864. The Hall–Kier alpha value is -2.58. The first-order valence-electron chi connectivity index (χ1n) is 12.0. The summed E-state index contributed by atoms with van der Waals surface area (Å²) in [5.41, 5.74) is 0.417. The molecule has 0 spiro atoms. The van der Waals surface area contributed by atoms with Gasteiger partial charge in [0.15, 0.2) is 8.32 Å². The van der Waals surface area contributed by atoms with Crippen molar-refractivity contribution in [1.82, 2.24) is 10.4 Å². The summed E-state index contributed by atoms with van der Waals surface area (Å²) in [6.45, 7) is 21.2. The van der Waals surface area contributed by atoms with Gasteiger partial charge in [-0.15, -0.1) is 0 Å². The van der Waals surface area contributed by atoms with Crippen molar-refractivity contribution in [3.8, 4) is 6.07 Å². The summed E-state index contributed by atoms with van der Waals surface area (Å²) >= 11 is 0. The normalized spacial score (nSPS) is 13.8. The molecule has 0 saturated heterocycles. The van der Waals surface area contributed by atoms with Crippen molar-refractivity contribution in [3.05, 3.63) is 11.6 Å². The number of rotatable bonds is 8. The van der Waals surface area contributed by atoms with Crippen molar-refractivity contribution >= 4 is 26.5 Å². The van der Waals surface area contributed by atoms with Crippen LogP contribution in [0.2, 0.25) is 18.1 Å². The van der Waals surface area contributed by atoms with Crippen LogP contribution in [-0.4, -0.2) is 62.4 Å². The number of hydrogen-bond acceptors (Lipinski definition) is 8. The number of ether oxygens (including phenoxy) is 3. The van der Waals surface area contributed by atoms with Crippen LogP contribution in [0.3, 0.4) is 0 Å². The van der Waals surface area contributed by atoms with Gasteiger partial charge in [-0.05, 0) is 78.6 Å². The maximum atomic E-state index is 13.1. The van der Waals surface area contributed by atoms with E-state index in [0.29, 0.717) is 13.0 Å². The van der Waals surface area contributed by atoms with Gasteiger partial charge in [-0.1, -0.05) is 20.8 Å². The monoisotopic (exact) mass is 527 g/mol. The third kappa shape index (κ3) is 12.4. The topological polar surface area (TPSA) is 127 Å². The molecule has 10 nitrogen and oxygen atoms in total. The summed E-state index contributed by atoms with van der Waals surface area (Å²) < 4.78 is 21.7. The Balaban J connectivity index is 6.15. The maximum absolute atomic E-state index is 13.1. The number of carbonyl (C=O) groups excluding carboxylic acids is 3. The molecule has 1 atom stereocenters. The van der Waals surface area contributed by atoms with E-state index in [9.17, 15) is 19.6 Å². The molecule has 1 N–H and O–H groups in total. The maximum Gasteiger partial charge on any atom is 0.429 e. The van der Waals surface area contributed by atoms with E-state index in [1.165, 1.54) is 6.08 Å². The third-order valence-electron chi connectivity index (χ3n) is 5.33. The second-order valence-corrected chi connectivity index (χ2v) is 16.8. The van der Waals surface area contributed by atoms with Crippen LogP contribution in [0.15, 0.2) is 11.6 Å². The molecule has 0 unspecified atom stereocenters. The molecule has 0 radical (unpaired) electrons. The molecule has 36 heavy (non-hydrogen) atoms. The Morgan fingerprint density at radius 3 is 1.94 bits per heavy atom. The van der Waals surface area contributed by atoms with Crippen LogP contribution >= 0.6 is 0 Å². The summed E-state index contributed by atoms with van der Waals surface area (Å²) in [7, 11) is -0.857. The molecule has 206 valence electrons. The summed E-state index contributed by atoms with van der Waals surface area (Å²) in [6.07, 6.45) is 0.247. The molecular formula is C25H45N3O7Si. The first-order valence-corrected chi connectivity index (χ1v) is 14.9. The van der Waals surface area contributed by atoms with Crippen molar-refractivity contribution in [1.29, 1.82) is 5.26 Å². The largest absolute Gasteiger partial charge is 0.465 e. The second kappa shape index (κ2) is 13.1. The van der Waals surface area contributed by atoms with Crippen molar-refractivity contribution in [2.45, 2.75) is 111 Å². The fourth-order valence-electron chi connectivity index (χ4n) is 2.55. The molecule has 0 bridgehead atoms. The number of methoxy groups -OCH3 is 1. The zero-order valence-corrected chi connectivity index (χ0v) is 25.0. The lowest BCUT2D eigenvalue weighted by Gasteiger charge is -2.36. The van der Waals surface area contributed by atoms with Crippen molar-refractivity contribution < 1.29 is 33.0 Å². The molecule has 0 fully saturated rings. The highest BCUT2D eigenvalue weighted by Crippen LogP contribution is 2.36. The highest BCUT2D eigenvalue weighted by molar-refractivity contribution is 6.74. The Labute approximate surface area is 217 Å². The van der Waals surface area contributed by atoms with Crippen LogP contribution in [-0.2, 0) is 23.4 Å². The fourth-order valence-corrected chi connectivity index (χ4v) is 3.64. The molecule has 0 aliphatic rings. The van der Waals surface area contributed by atoms with Gasteiger partial charge in [0.05, 0.1) is 13.2 Å². The van der Waals surface area contributed by atoms with Crippen LogP contribution in [0.4, 0.5) is 9.59 Å². The third-order valence-corrected chi connectivity index (χ3v) is 9.87. The van der Waals surface area contributed by atoms with E-state index in [1.807, 2.05) is 0 Å². The molecule has 0 aromatic rings. The number of esters is 1. The predicted octanol–water partition coefficient (Wildman–Crippen LogP) is 5.46. The van der Waals surface area contributed by atoms with Crippen LogP contribution in [0, 0.1) is 11.3 Å². The highest BCUT2D eigenvalue weighted by Gasteiger charge is 2.37. The average molecular weight is 528 g/mol. The average Bonchev–Trinajstić information content (AvgIpc) is 2.67. The van der Waals surface area contributed by atoms with E-state index in [1.54, 1.807) is 47.6 Å². The van der Waals surface area contributed by atoms with Gasteiger partial charge in [-0.2, -0.15) is 5.26 Å². The van der Waals surface area contributed by atoms with E-state index in [2.05, 4.69) is 44.0 Å². The molecule has 0 saturated carbocycles. The smallest absolute Gasteiger partial charge is 0.429 e. The number of amides is 2. The summed E-state index contributed by atoms with van der Waals surface area (Å²) in [5, 5.41) is 10.5. The number of carbonyl (C=O) groups is 3. The van der Waals surface area contributed by atoms with Crippen LogP contribution in [0.5, 0.6) is 0 Å². The first kappa shape index (κ1) is 33.4. The van der Waals surface area contributed by atoms with Gasteiger partial charge in [0.2, 0.25) is 0 Å². The summed E-state index contributed by atoms with van der Waals surface area (Å²) in [5.74, 6) is -0.860. The van der Waals surface area contributed by atoms with Gasteiger partial charge < -0.3 is 18.6 Å². The minimum absolute atomic E-state index is 0.0198. The minimum atomic E-state index is -2.01. The number of nitrogens with zero attached hydrogens (tertiary/aromatic N) is 2. The van der Waals surface area contributed by atoms with Crippen molar-refractivity contribution in [2.24, 2.45) is 0 Å². The van der Waals surface area contributed by atoms with Gasteiger partial charge in [0.1, 0.15) is 22.8 Å². The highest BCUT2D eigenvalue weighted by atomic mass is 28.4. The van der Waals surface area contributed by atoms with Crippen molar-refractivity contribution in [3.63, 3.8) is 0 Å². The van der Waals surface area contributed by atoms with E-state index in [0.717, 1.165) is 12.1 Å². The Bertz CT molecular complexity index is 844. The van der Waals surface area contributed by atoms with Gasteiger partial charge in [-0.3, -0.25) is 0 Å². The number of nitrogens with one attached hydrogen (secondary N) is 1. The van der Waals surface area contributed by atoms with Crippen molar-refractivity contribution in [2.75, 3.05) is 13.7 Å². The molecule has 11 heteroatoms. The predicted molar refractivity (Wildman–Crippen MR) is 139 cm³/mol. The molecule has 0 aromatic heterocycles. The lowest BCUT2D eigenvalue weighted by molar-refractivity contribution is -0.135. The Kier molecular flexibility index (Phi) is 12.2. The fraction of sp³-hybridized carbons (Fsp3) is 0.760. The van der Waals surface area contributed by atoms with Gasteiger partial charge >= 0.3 is 18.2 Å². The van der Waals surface area contributed by atoms with Gasteiger partial charge in [-0.25, -0.2) is 24.8 Å². The number of hydrogen-bond donors (Lipinski definition) is 1. The van der Waals surface area contributed by atoms with E-state index in [4.69, 9.17) is 13.9 Å². The van der Waals surface area contributed by atoms with Gasteiger partial charge in [0.25, 0.3) is 0 Å². The zero-order valence-electron chi connectivity index (χ0n) is 24.0. The van der Waals surface area contributed by atoms with E-state index in [-0.39, 0.29) is 17.0 Å². The molecule has 0 aromatic carbocycles.